The van der Waals surface area contributed by atoms with E-state index in [2.05, 4.69) is 17.1 Å². The highest BCUT2D eigenvalue weighted by Gasteiger charge is 2.29. The Bertz CT molecular complexity index is 460. The third kappa shape index (κ3) is 4.11. The number of nitrogens with two attached hydrogens (primary N) is 1. The summed E-state index contributed by atoms with van der Waals surface area (Å²) < 4.78 is 0. The standard InChI is InChI=1S/C14H20ClN3O/c1-2-7-18(11-4-5-11)9-14(19)17-10-3-6-12(15)13(16)8-10/h3,6,8,11H,2,4-5,7,9,16H2,1H3,(H,17,19). The van der Waals surface area contributed by atoms with Crippen LogP contribution in [0.15, 0.2) is 18.2 Å². The first-order valence-electron chi connectivity index (χ1n) is 6.69. The van der Waals surface area contributed by atoms with Crippen molar-refractivity contribution in [3.63, 3.8) is 0 Å². The highest BCUT2D eigenvalue weighted by molar-refractivity contribution is 6.33. The lowest BCUT2D eigenvalue weighted by molar-refractivity contribution is -0.117. The van der Waals surface area contributed by atoms with Crippen molar-refractivity contribution in [3.8, 4) is 0 Å². The van der Waals surface area contributed by atoms with Crippen LogP contribution in [0.25, 0.3) is 0 Å². The third-order valence-corrected chi connectivity index (χ3v) is 3.54. The molecule has 1 amide bonds. The summed E-state index contributed by atoms with van der Waals surface area (Å²) in [6.45, 7) is 3.55. The summed E-state index contributed by atoms with van der Waals surface area (Å²) in [6.07, 6.45) is 3.49. The lowest BCUT2D eigenvalue weighted by atomic mass is 10.2. The molecule has 0 bridgehead atoms. The van der Waals surface area contributed by atoms with Crippen LogP contribution in [0.2, 0.25) is 5.02 Å². The van der Waals surface area contributed by atoms with E-state index in [0.29, 0.717) is 29.0 Å². The molecule has 0 spiro atoms. The largest absolute Gasteiger partial charge is 0.397 e. The van der Waals surface area contributed by atoms with Crippen molar-refractivity contribution in [1.29, 1.82) is 0 Å². The van der Waals surface area contributed by atoms with Crippen LogP contribution in [0.4, 0.5) is 11.4 Å². The molecule has 1 aromatic rings. The van der Waals surface area contributed by atoms with E-state index in [1.54, 1.807) is 18.2 Å². The molecule has 1 aliphatic rings. The number of halogens is 1. The molecule has 0 saturated heterocycles. The number of carbonyl (C=O) groups is 1. The van der Waals surface area contributed by atoms with Gasteiger partial charge in [0.15, 0.2) is 0 Å². The Morgan fingerprint density at radius 3 is 2.84 bits per heavy atom. The van der Waals surface area contributed by atoms with Crippen LogP contribution in [0, 0.1) is 0 Å². The Morgan fingerprint density at radius 1 is 1.53 bits per heavy atom. The van der Waals surface area contributed by atoms with Gasteiger partial charge in [-0.25, -0.2) is 0 Å². The molecule has 2 rings (SSSR count). The van der Waals surface area contributed by atoms with Crippen molar-refractivity contribution < 1.29 is 4.79 Å². The molecule has 5 heteroatoms. The van der Waals surface area contributed by atoms with Crippen LogP contribution in [-0.4, -0.2) is 29.9 Å². The lowest BCUT2D eigenvalue weighted by Crippen LogP contribution is -2.35. The van der Waals surface area contributed by atoms with Gasteiger partial charge in [0.1, 0.15) is 0 Å². The van der Waals surface area contributed by atoms with Gasteiger partial charge in [-0.2, -0.15) is 0 Å². The second-order valence-corrected chi connectivity index (χ2v) is 5.39. The Balaban J connectivity index is 1.90. The fraction of sp³-hybridized carbons (Fsp3) is 0.500. The van der Waals surface area contributed by atoms with Crippen LogP contribution >= 0.6 is 11.6 Å². The molecule has 104 valence electrons. The van der Waals surface area contributed by atoms with Crippen LogP contribution in [0.1, 0.15) is 26.2 Å². The van der Waals surface area contributed by atoms with Gasteiger partial charge in [-0.1, -0.05) is 18.5 Å². The smallest absolute Gasteiger partial charge is 0.238 e. The lowest BCUT2D eigenvalue weighted by Gasteiger charge is -2.20. The quantitative estimate of drug-likeness (QED) is 0.788. The minimum absolute atomic E-state index is 0.00192. The molecule has 0 unspecified atom stereocenters. The van der Waals surface area contributed by atoms with Gasteiger partial charge in [0, 0.05) is 11.7 Å². The zero-order chi connectivity index (χ0) is 13.8. The van der Waals surface area contributed by atoms with Gasteiger partial charge in [-0.05, 0) is 44.0 Å². The highest BCUT2D eigenvalue weighted by atomic mass is 35.5. The first-order valence-corrected chi connectivity index (χ1v) is 7.07. The minimum Gasteiger partial charge on any atom is -0.397 e. The Hall–Kier alpha value is -1.26. The summed E-state index contributed by atoms with van der Waals surface area (Å²) in [4.78, 5) is 14.2. The number of hydrogen-bond acceptors (Lipinski definition) is 3. The number of benzene rings is 1. The Kier molecular flexibility index (Phi) is 4.66. The second-order valence-electron chi connectivity index (χ2n) is 4.99. The second kappa shape index (κ2) is 6.26. The number of nitrogens with zero attached hydrogens (tertiary/aromatic N) is 1. The Morgan fingerprint density at radius 2 is 2.26 bits per heavy atom. The maximum atomic E-state index is 12.0. The monoisotopic (exact) mass is 281 g/mol. The van der Waals surface area contributed by atoms with E-state index < -0.39 is 0 Å². The van der Waals surface area contributed by atoms with Crippen molar-refractivity contribution >= 4 is 28.9 Å². The first-order chi connectivity index (χ1) is 9.10. The molecule has 1 fully saturated rings. The van der Waals surface area contributed by atoms with Crippen molar-refractivity contribution in [2.45, 2.75) is 32.2 Å². The van der Waals surface area contributed by atoms with E-state index in [0.717, 1.165) is 13.0 Å². The zero-order valence-electron chi connectivity index (χ0n) is 11.2. The predicted molar refractivity (Wildman–Crippen MR) is 79.4 cm³/mol. The molecule has 3 N–H and O–H groups in total. The van der Waals surface area contributed by atoms with Gasteiger partial charge < -0.3 is 11.1 Å². The normalized spacial score (nSPS) is 14.7. The van der Waals surface area contributed by atoms with Gasteiger partial charge in [0.05, 0.1) is 17.3 Å². The fourth-order valence-corrected chi connectivity index (χ4v) is 2.24. The molecule has 0 aromatic heterocycles. The number of nitrogen functional groups attached to an aromatic ring is 1. The molecule has 1 saturated carbocycles. The third-order valence-electron chi connectivity index (χ3n) is 3.20. The number of anilines is 2. The van der Waals surface area contributed by atoms with Crippen LogP contribution < -0.4 is 11.1 Å². The van der Waals surface area contributed by atoms with E-state index in [1.807, 2.05) is 0 Å². The highest BCUT2D eigenvalue weighted by Crippen LogP contribution is 2.27. The molecule has 0 radical (unpaired) electrons. The molecule has 19 heavy (non-hydrogen) atoms. The van der Waals surface area contributed by atoms with Crippen molar-refractivity contribution in [2.75, 3.05) is 24.1 Å². The number of hydrogen-bond donors (Lipinski definition) is 2. The molecule has 1 aromatic carbocycles. The average Bonchev–Trinajstić information content (AvgIpc) is 3.17. The SMILES string of the molecule is CCCN(CC(=O)Nc1ccc(Cl)c(N)c1)C1CC1. The zero-order valence-corrected chi connectivity index (χ0v) is 11.9. The summed E-state index contributed by atoms with van der Waals surface area (Å²) in [5.41, 5.74) is 6.88. The molecule has 4 nitrogen and oxygen atoms in total. The molecule has 1 aliphatic carbocycles. The number of amides is 1. The van der Waals surface area contributed by atoms with E-state index in [-0.39, 0.29) is 5.91 Å². The summed E-state index contributed by atoms with van der Waals surface area (Å²) in [7, 11) is 0. The van der Waals surface area contributed by atoms with Crippen molar-refractivity contribution in [2.24, 2.45) is 0 Å². The van der Waals surface area contributed by atoms with Gasteiger partial charge in [-0.15, -0.1) is 0 Å². The van der Waals surface area contributed by atoms with Gasteiger partial charge in [0.2, 0.25) is 5.91 Å². The van der Waals surface area contributed by atoms with E-state index in [1.165, 1.54) is 12.8 Å². The predicted octanol–water partition coefficient (Wildman–Crippen LogP) is 2.74. The number of rotatable bonds is 6. The summed E-state index contributed by atoms with van der Waals surface area (Å²) in [6, 6.07) is 5.73. The van der Waals surface area contributed by atoms with E-state index in [9.17, 15) is 4.79 Å². The molecule has 0 aliphatic heterocycles. The molecule has 0 atom stereocenters. The van der Waals surface area contributed by atoms with Gasteiger partial charge >= 0.3 is 0 Å². The summed E-state index contributed by atoms with van der Waals surface area (Å²) in [5, 5.41) is 3.37. The molecular weight excluding hydrogens is 262 g/mol. The molecular formula is C14H20ClN3O. The maximum Gasteiger partial charge on any atom is 0.238 e. The maximum absolute atomic E-state index is 12.0. The number of nitrogens with one attached hydrogen (secondary N) is 1. The van der Waals surface area contributed by atoms with Crippen molar-refractivity contribution in [1.82, 2.24) is 4.90 Å². The van der Waals surface area contributed by atoms with Gasteiger partial charge in [-0.3, -0.25) is 9.69 Å². The fourth-order valence-electron chi connectivity index (χ4n) is 2.12. The van der Waals surface area contributed by atoms with Gasteiger partial charge in [0.25, 0.3) is 0 Å². The van der Waals surface area contributed by atoms with E-state index in [4.69, 9.17) is 17.3 Å². The number of carbonyl (C=O) groups excluding carboxylic acids is 1. The summed E-state index contributed by atoms with van der Waals surface area (Å²) >= 11 is 5.85. The van der Waals surface area contributed by atoms with Crippen LogP contribution in [0.5, 0.6) is 0 Å². The Labute approximate surface area is 118 Å². The van der Waals surface area contributed by atoms with Crippen molar-refractivity contribution in [3.05, 3.63) is 23.2 Å². The van der Waals surface area contributed by atoms with Crippen LogP contribution in [0.3, 0.4) is 0 Å². The minimum atomic E-state index is 0.00192. The molecule has 0 heterocycles. The van der Waals surface area contributed by atoms with E-state index >= 15 is 0 Å². The van der Waals surface area contributed by atoms with Crippen LogP contribution in [-0.2, 0) is 4.79 Å². The average molecular weight is 282 g/mol. The first kappa shape index (κ1) is 14.2. The topological polar surface area (TPSA) is 58.4 Å². The summed E-state index contributed by atoms with van der Waals surface area (Å²) in [5.74, 6) is 0.00192.